The summed E-state index contributed by atoms with van der Waals surface area (Å²) in [5.74, 6) is 6.86. The quantitative estimate of drug-likeness (QED) is 0.373. The van der Waals surface area contributed by atoms with E-state index in [1.807, 2.05) is 0 Å². The van der Waals surface area contributed by atoms with Gasteiger partial charge in [0.1, 0.15) is 13.4 Å². The van der Waals surface area contributed by atoms with Gasteiger partial charge in [-0.25, -0.2) is 9.55 Å². The van der Waals surface area contributed by atoms with E-state index < -0.39 is 0 Å². The van der Waals surface area contributed by atoms with Gasteiger partial charge in [0.15, 0.2) is 6.34 Å². The predicted molar refractivity (Wildman–Crippen MR) is 42.4 cm³/mol. The average molecular weight is 153 g/mol. The van der Waals surface area contributed by atoms with Crippen LogP contribution in [0.2, 0.25) is 0 Å². The summed E-state index contributed by atoms with van der Waals surface area (Å²) in [7, 11) is 1.73. The van der Waals surface area contributed by atoms with Gasteiger partial charge in [-0.3, -0.25) is 0 Å². The van der Waals surface area contributed by atoms with Gasteiger partial charge in [0.2, 0.25) is 5.82 Å². The highest BCUT2D eigenvalue weighted by atomic mass is 15.8. The third-order valence-electron chi connectivity index (χ3n) is 1.64. The first-order valence-electron chi connectivity index (χ1n) is 3.15. The number of nitrogens with two attached hydrogens (primary N) is 2. The molecular weight excluding hydrogens is 144 g/mol. The van der Waals surface area contributed by atoms with Crippen molar-refractivity contribution in [1.29, 1.82) is 0 Å². The van der Waals surface area contributed by atoms with Crippen LogP contribution in [0.15, 0.2) is 11.4 Å². The maximum absolute atomic E-state index is 5.73. The van der Waals surface area contributed by atoms with Gasteiger partial charge in [0, 0.05) is 0 Å². The lowest BCUT2D eigenvalue weighted by molar-refractivity contribution is 0.369. The molecule has 0 bridgehead atoms. The number of nitrogens with zero attached hydrogens (tertiary/aromatic N) is 4. The van der Waals surface area contributed by atoms with Crippen LogP contribution in [0.4, 0.5) is 11.6 Å². The number of imidazole rings is 1. The second-order valence-corrected chi connectivity index (χ2v) is 2.62. The second kappa shape index (κ2) is 1.60. The van der Waals surface area contributed by atoms with E-state index >= 15 is 0 Å². The van der Waals surface area contributed by atoms with E-state index in [-0.39, 0.29) is 4.70 Å². The van der Waals surface area contributed by atoms with Gasteiger partial charge in [-0.1, -0.05) is 4.70 Å². The van der Waals surface area contributed by atoms with Crippen LogP contribution < -0.4 is 16.3 Å². The fraction of sp³-hybridized carbons (Fsp3) is 0.200. The molecule has 0 fully saturated rings. The number of hydrogen-bond acceptors (Lipinski definition) is 4. The molecule has 1 atom stereocenters. The summed E-state index contributed by atoms with van der Waals surface area (Å²) in [6.07, 6.45) is 3.18. The van der Waals surface area contributed by atoms with Crippen molar-refractivity contribution in [3.05, 3.63) is 6.33 Å². The van der Waals surface area contributed by atoms with Gasteiger partial charge in [-0.15, -0.1) is 5.84 Å². The summed E-state index contributed by atoms with van der Waals surface area (Å²) >= 11 is 0. The molecule has 2 rings (SSSR count). The maximum Gasteiger partial charge on any atom is 0.304 e. The zero-order valence-corrected chi connectivity index (χ0v) is 6.10. The molecule has 2 heterocycles. The van der Waals surface area contributed by atoms with Crippen molar-refractivity contribution in [3.63, 3.8) is 0 Å². The molecule has 1 aromatic rings. The molecule has 6 nitrogen and oxygen atoms in total. The largest absolute Gasteiger partial charge is 0.377 e. The number of rotatable bonds is 0. The Morgan fingerprint density at radius 1 is 1.64 bits per heavy atom. The Hall–Kier alpha value is -1.40. The van der Waals surface area contributed by atoms with Gasteiger partial charge < -0.3 is 5.73 Å². The lowest BCUT2D eigenvalue weighted by Gasteiger charge is -2.13. The monoisotopic (exact) mass is 153 g/mol. The van der Waals surface area contributed by atoms with E-state index in [2.05, 4.69) is 10.1 Å². The van der Waals surface area contributed by atoms with Crippen molar-refractivity contribution in [3.8, 4) is 0 Å². The molecule has 0 spiro atoms. The summed E-state index contributed by atoms with van der Waals surface area (Å²) in [5.41, 5.74) is 5.56. The highest BCUT2D eigenvalue weighted by Gasteiger charge is 2.33. The van der Waals surface area contributed by atoms with Gasteiger partial charge in [-0.05, 0) is 5.10 Å². The van der Waals surface area contributed by atoms with Crippen LogP contribution in [0.1, 0.15) is 0 Å². The molecule has 11 heavy (non-hydrogen) atoms. The zero-order valence-electron chi connectivity index (χ0n) is 6.10. The molecule has 1 aliphatic heterocycles. The van der Waals surface area contributed by atoms with Crippen LogP contribution in [0.5, 0.6) is 0 Å². The Kier molecular flexibility index (Phi) is 0.921. The van der Waals surface area contributed by atoms with E-state index in [0.29, 0.717) is 11.6 Å². The molecule has 58 valence electrons. The van der Waals surface area contributed by atoms with Crippen LogP contribution >= 0.6 is 0 Å². The van der Waals surface area contributed by atoms with Crippen molar-refractivity contribution in [2.24, 2.45) is 10.9 Å². The van der Waals surface area contributed by atoms with Crippen molar-refractivity contribution in [1.82, 2.24) is 14.3 Å². The molecule has 1 aliphatic rings. The molecule has 1 aromatic heterocycles. The van der Waals surface area contributed by atoms with Crippen LogP contribution in [0, 0.1) is 0 Å². The fourth-order valence-corrected chi connectivity index (χ4v) is 1.14. The Morgan fingerprint density at radius 3 is 3.00 bits per heavy atom. The first kappa shape index (κ1) is 6.32. The smallest absolute Gasteiger partial charge is 0.304 e. The number of nitrogen functional groups attached to an aromatic ring is 1. The molecular formula is C5H9N6+. The van der Waals surface area contributed by atoms with Gasteiger partial charge in [0.05, 0.1) is 0 Å². The summed E-state index contributed by atoms with van der Waals surface area (Å²) in [5, 5.41) is 3.99. The van der Waals surface area contributed by atoms with Crippen molar-refractivity contribution in [2.45, 2.75) is 0 Å². The van der Waals surface area contributed by atoms with Crippen LogP contribution in [-0.2, 0) is 0 Å². The Morgan fingerprint density at radius 2 is 2.36 bits per heavy atom. The molecule has 4 N–H and O–H groups in total. The number of quaternary nitrogens is 1. The van der Waals surface area contributed by atoms with E-state index in [1.165, 1.54) is 0 Å². The highest BCUT2D eigenvalue weighted by Crippen LogP contribution is 2.26. The zero-order chi connectivity index (χ0) is 8.06. The standard InChI is InChI=1S/C5H9N6/c1-11(7)5-4(6)8-2-10(5)3-9-11/h2-3H,6-7H2,1H3/q+1. The second-order valence-electron chi connectivity index (χ2n) is 2.62. The summed E-state index contributed by atoms with van der Waals surface area (Å²) in [6, 6.07) is 0. The molecule has 0 amide bonds. The Labute approximate surface area is 63.3 Å². The van der Waals surface area contributed by atoms with E-state index in [0.717, 1.165) is 0 Å². The normalized spacial score (nSPS) is 27.5. The van der Waals surface area contributed by atoms with Crippen LogP contribution in [0.3, 0.4) is 0 Å². The topological polar surface area (TPSA) is 82.2 Å². The molecule has 0 radical (unpaired) electrons. The molecule has 6 heteroatoms. The van der Waals surface area contributed by atoms with Crippen molar-refractivity contribution < 1.29 is 0 Å². The predicted octanol–water partition coefficient (Wildman–Crippen LogP) is -0.919. The number of hydrogen-bond donors (Lipinski definition) is 2. The third kappa shape index (κ3) is 0.673. The molecule has 1 unspecified atom stereocenters. The fourth-order valence-electron chi connectivity index (χ4n) is 1.14. The summed E-state index contributed by atoms with van der Waals surface area (Å²) in [6.45, 7) is 0. The summed E-state index contributed by atoms with van der Waals surface area (Å²) in [4.78, 5) is 3.89. The SMILES string of the molecule is C[N+]1(N)N=Cn2cnc(N)c21. The minimum Gasteiger partial charge on any atom is -0.377 e. The van der Waals surface area contributed by atoms with Gasteiger partial charge >= 0.3 is 5.82 Å². The molecule has 0 saturated heterocycles. The van der Waals surface area contributed by atoms with Gasteiger partial charge in [0.25, 0.3) is 0 Å². The molecule has 0 saturated carbocycles. The first-order valence-corrected chi connectivity index (χ1v) is 3.15. The molecule has 0 aliphatic carbocycles. The first-order chi connectivity index (χ1) is 5.11. The third-order valence-corrected chi connectivity index (χ3v) is 1.64. The minimum atomic E-state index is -0.0775. The highest BCUT2D eigenvalue weighted by molar-refractivity contribution is 5.74. The average Bonchev–Trinajstić information content (AvgIpc) is 2.38. The number of anilines is 1. The van der Waals surface area contributed by atoms with E-state index in [9.17, 15) is 0 Å². The van der Waals surface area contributed by atoms with Crippen molar-refractivity contribution in [2.75, 3.05) is 12.8 Å². The van der Waals surface area contributed by atoms with Crippen LogP contribution in [0.25, 0.3) is 0 Å². The Bertz CT molecular complexity index is 322. The lowest BCUT2D eigenvalue weighted by atomic mass is 10.6. The van der Waals surface area contributed by atoms with Gasteiger partial charge in [-0.2, -0.15) is 0 Å². The van der Waals surface area contributed by atoms with Crippen molar-refractivity contribution >= 4 is 18.0 Å². The Balaban J connectivity index is 2.68. The number of aromatic nitrogens is 2. The van der Waals surface area contributed by atoms with E-state index in [4.69, 9.17) is 11.6 Å². The molecule has 0 aromatic carbocycles. The maximum atomic E-state index is 5.73. The number of fused-ring (bicyclic) bond motifs is 1. The van der Waals surface area contributed by atoms with E-state index in [1.54, 1.807) is 24.3 Å². The van der Waals surface area contributed by atoms with Crippen LogP contribution in [-0.4, -0.2) is 22.9 Å². The summed E-state index contributed by atoms with van der Waals surface area (Å²) < 4.78 is 1.63. The lowest BCUT2D eigenvalue weighted by Crippen LogP contribution is -2.45. The minimum absolute atomic E-state index is 0.0775.